The summed E-state index contributed by atoms with van der Waals surface area (Å²) in [5, 5.41) is 0. The fraction of sp³-hybridized carbons (Fsp3) is 0.611. The molecule has 3 rings (SSSR count). The number of hydrogen-bond donors (Lipinski definition) is 0. The zero-order valence-corrected chi connectivity index (χ0v) is 13.8. The van der Waals surface area contributed by atoms with Crippen molar-refractivity contribution in [2.24, 2.45) is 0 Å². The van der Waals surface area contributed by atoms with Crippen LogP contribution in [0.1, 0.15) is 24.8 Å². The average molecular weight is 320 g/mol. The van der Waals surface area contributed by atoms with Crippen molar-refractivity contribution in [1.82, 2.24) is 9.80 Å². The third kappa shape index (κ3) is 3.56. The Kier molecular flexibility index (Phi) is 4.97. The van der Waals surface area contributed by atoms with E-state index in [1.54, 1.807) is 12.1 Å². The predicted molar refractivity (Wildman–Crippen MR) is 86.7 cm³/mol. The number of likely N-dealkylation sites (N-methyl/N-ethyl adjacent to an activating group) is 1. The van der Waals surface area contributed by atoms with Crippen LogP contribution in [0.5, 0.6) is 0 Å². The topological polar surface area (TPSA) is 32.8 Å². The number of nitrogens with zero attached hydrogens (tertiary/aromatic N) is 2. The van der Waals surface area contributed by atoms with Gasteiger partial charge in [-0.3, -0.25) is 9.69 Å². The van der Waals surface area contributed by atoms with Gasteiger partial charge in [0.05, 0.1) is 0 Å². The highest BCUT2D eigenvalue weighted by Crippen LogP contribution is 2.31. The van der Waals surface area contributed by atoms with Gasteiger partial charge in [-0.1, -0.05) is 18.2 Å². The number of hydrogen-bond acceptors (Lipinski definition) is 3. The summed E-state index contributed by atoms with van der Waals surface area (Å²) >= 11 is 0. The molecule has 2 heterocycles. The van der Waals surface area contributed by atoms with E-state index in [1.165, 1.54) is 6.07 Å². The summed E-state index contributed by atoms with van der Waals surface area (Å²) in [6.45, 7) is 3.95. The molecule has 0 aliphatic carbocycles. The van der Waals surface area contributed by atoms with E-state index in [2.05, 4.69) is 11.9 Å². The van der Waals surface area contributed by atoms with Crippen LogP contribution in [0.15, 0.2) is 24.3 Å². The van der Waals surface area contributed by atoms with Crippen LogP contribution in [-0.4, -0.2) is 61.1 Å². The van der Waals surface area contributed by atoms with E-state index in [-0.39, 0.29) is 17.3 Å². The Morgan fingerprint density at radius 3 is 2.74 bits per heavy atom. The lowest BCUT2D eigenvalue weighted by molar-refractivity contribution is -0.139. The van der Waals surface area contributed by atoms with Gasteiger partial charge in [0.1, 0.15) is 5.82 Å². The first kappa shape index (κ1) is 16.4. The van der Waals surface area contributed by atoms with Crippen molar-refractivity contribution in [3.8, 4) is 0 Å². The molecule has 0 aromatic heterocycles. The number of piperazine rings is 1. The Labute approximate surface area is 137 Å². The quantitative estimate of drug-likeness (QED) is 0.855. The average Bonchev–Trinajstić information content (AvgIpc) is 2.57. The zero-order chi connectivity index (χ0) is 16.3. The molecule has 0 N–H and O–H groups in total. The fourth-order valence-corrected chi connectivity index (χ4v) is 3.67. The molecule has 0 saturated carbocycles. The minimum atomic E-state index is -0.223. The number of aryl methyl sites for hydroxylation is 1. The smallest absolute Gasteiger partial charge is 0.223 e. The van der Waals surface area contributed by atoms with Crippen molar-refractivity contribution in [2.45, 2.75) is 31.2 Å². The molecule has 2 aliphatic rings. The normalized spacial score (nSPS) is 21.6. The third-order valence-corrected chi connectivity index (χ3v) is 5.34. The molecule has 2 aliphatic heterocycles. The molecular formula is C18H25FN2O2. The molecule has 0 radical (unpaired) electrons. The third-order valence-electron chi connectivity index (χ3n) is 5.34. The minimum Gasteiger partial charge on any atom is -0.381 e. The number of amides is 1. The van der Waals surface area contributed by atoms with Gasteiger partial charge in [-0.05, 0) is 37.9 Å². The van der Waals surface area contributed by atoms with Gasteiger partial charge in [0.15, 0.2) is 0 Å². The lowest BCUT2D eigenvalue weighted by atomic mass is 9.86. The molecular weight excluding hydrogens is 295 g/mol. The largest absolute Gasteiger partial charge is 0.381 e. The Balaban J connectivity index is 1.60. The second-order valence-electron chi connectivity index (χ2n) is 6.66. The van der Waals surface area contributed by atoms with Crippen LogP contribution in [0.25, 0.3) is 0 Å². The van der Waals surface area contributed by atoms with E-state index in [0.29, 0.717) is 18.4 Å². The molecule has 1 aromatic rings. The van der Waals surface area contributed by atoms with E-state index >= 15 is 0 Å². The Morgan fingerprint density at radius 2 is 2.00 bits per heavy atom. The Morgan fingerprint density at radius 1 is 1.26 bits per heavy atom. The second kappa shape index (κ2) is 6.97. The standard InChI is InChI=1S/C18H25FN2O2/c1-20-10-11-21(14-18(20)8-12-23-13-9-18)17(22)7-6-15-4-2-3-5-16(15)19/h2-5H,6-14H2,1H3. The number of rotatable bonds is 3. The molecule has 0 bridgehead atoms. The number of carbonyl (C=O) groups is 1. The highest BCUT2D eigenvalue weighted by atomic mass is 19.1. The molecule has 0 atom stereocenters. The predicted octanol–water partition coefficient (Wildman–Crippen LogP) is 2.08. The van der Waals surface area contributed by atoms with Crippen molar-refractivity contribution < 1.29 is 13.9 Å². The van der Waals surface area contributed by atoms with E-state index < -0.39 is 0 Å². The maximum absolute atomic E-state index is 13.7. The summed E-state index contributed by atoms with van der Waals surface area (Å²) in [7, 11) is 2.15. The minimum absolute atomic E-state index is 0.0597. The summed E-state index contributed by atoms with van der Waals surface area (Å²) in [6.07, 6.45) is 2.78. The molecule has 0 unspecified atom stereocenters. The summed E-state index contributed by atoms with van der Waals surface area (Å²) < 4.78 is 19.2. The SMILES string of the molecule is CN1CCN(C(=O)CCc2ccccc2F)CC12CCOCC2. The van der Waals surface area contributed by atoms with Crippen LogP contribution in [0, 0.1) is 5.82 Å². The monoisotopic (exact) mass is 320 g/mol. The molecule has 1 spiro atoms. The number of carbonyl (C=O) groups excluding carboxylic acids is 1. The van der Waals surface area contributed by atoms with Crippen molar-refractivity contribution in [2.75, 3.05) is 39.9 Å². The van der Waals surface area contributed by atoms with Crippen LogP contribution in [-0.2, 0) is 16.0 Å². The molecule has 1 aromatic carbocycles. The molecule has 2 fully saturated rings. The highest BCUT2D eigenvalue weighted by molar-refractivity contribution is 5.76. The van der Waals surface area contributed by atoms with Crippen LogP contribution in [0.2, 0.25) is 0 Å². The number of halogens is 1. The van der Waals surface area contributed by atoms with Crippen LogP contribution < -0.4 is 0 Å². The Bertz CT molecular complexity index is 558. The van der Waals surface area contributed by atoms with Crippen LogP contribution in [0.4, 0.5) is 4.39 Å². The van der Waals surface area contributed by atoms with Gasteiger partial charge < -0.3 is 9.64 Å². The van der Waals surface area contributed by atoms with Gasteiger partial charge in [0, 0.05) is 44.8 Å². The highest BCUT2D eigenvalue weighted by Gasteiger charge is 2.41. The molecule has 4 nitrogen and oxygen atoms in total. The first-order valence-electron chi connectivity index (χ1n) is 8.41. The summed E-state index contributed by atoms with van der Waals surface area (Å²) in [5.41, 5.74) is 0.681. The maximum Gasteiger partial charge on any atom is 0.223 e. The van der Waals surface area contributed by atoms with Crippen molar-refractivity contribution in [1.29, 1.82) is 0 Å². The van der Waals surface area contributed by atoms with Crippen LogP contribution in [0.3, 0.4) is 0 Å². The van der Waals surface area contributed by atoms with Crippen molar-refractivity contribution in [3.05, 3.63) is 35.6 Å². The summed E-state index contributed by atoms with van der Waals surface area (Å²) in [5.74, 6) is -0.0909. The van der Waals surface area contributed by atoms with Gasteiger partial charge in [-0.2, -0.15) is 0 Å². The maximum atomic E-state index is 13.7. The number of benzene rings is 1. The van der Waals surface area contributed by atoms with Gasteiger partial charge in [0.2, 0.25) is 5.91 Å². The second-order valence-corrected chi connectivity index (χ2v) is 6.66. The van der Waals surface area contributed by atoms with E-state index in [0.717, 1.165) is 45.7 Å². The van der Waals surface area contributed by atoms with Gasteiger partial charge in [0.25, 0.3) is 0 Å². The van der Waals surface area contributed by atoms with Crippen LogP contribution >= 0.6 is 0 Å². The summed E-state index contributed by atoms with van der Waals surface area (Å²) in [6, 6.07) is 6.70. The lowest BCUT2D eigenvalue weighted by Gasteiger charge is -2.51. The van der Waals surface area contributed by atoms with Gasteiger partial charge in [-0.15, -0.1) is 0 Å². The Hall–Kier alpha value is -1.46. The fourth-order valence-electron chi connectivity index (χ4n) is 3.67. The molecule has 5 heteroatoms. The van der Waals surface area contributed by atoms with Gasteiger partial charge in [-0.25, -0.2) is 4.39 Å². The lowest BCUT2D eigenvalue weighted by Crippen LogP contribution is -2.63. The van der Waals surface area contributed by atoms with E-state index in [9.17, 15) is 9.18 Å². The molecule has 2 saturated heterocycles. The van der Waals surface area contributed by atoms with Crippen molar-refractivity contribution >= 4 is 5.91 Å². The zero-order valence-electron chi connectivity index (χ0n) is 13.8. The molecule has 1 amide bonds. The summed E-state index contributed by atoms with van der Waals surface area (Å²) in [4.78, 5) is 16.9. The number of ether oxygens (including phenoxy) is 1. The first-order chi connectivity index (χ1) is 11.1. The first-order valence-corrected chi connectivity index (χ1v) is 8.41. The van der Waals surface area contributed by atoms with Gasteiger partial charge >= 0.3 is 0 Å². The van der Waals surface area contributed by atoms with E-state index in [4.69, 9.17) is 4.74 Å². The molecule has 23 heavy (non-hydrogen) atoms. The van der Waals surface area contributed by atoms with Crippen molar-refractivity contribution in [3.63, 3.8) is 0 Å². The van der Waals surface area contributed by atoms with E-state index in [1.807, 2.05) is 11.0 Å². The molecule has 126 valence electrons.